The van der Waals surface area contributed by atoms with Gasteiger partial charge in [0.1, 0.15) is 0 Å². The lowest BCUT2D eigenvalue weighted by Crippen LogP contribution is -2.39. The van der Waals surface area contributed by atoms with E-state index >= 15 is 0 Å². The summed E-state index contributed by atoms with van der Waals surface area (Å²) in [6, 6.07) is 4.54. The van der Waals surface area contributed by atoms with Gasteiger partial charge in [-0.3, -0.25) is 4.90 Å². The maximum absolute atomic E-state index is 13.2. The zero-order valence-electron chi connectivity index (χ0n) is 12.4. The van der Waals surface area contributed by atoms with Crippen LogP contribution < -0.4 is 5.73 Å². The van der Waals surface area contributed by atoms with E-state index in [1.165, 1.54) is 12.5 Å². The SMILES string of the molecule is CCCC1CCCCN1Cc1ccc(N)cc1C(F)(F)F. The molecule has 2 nitrogen and oxygen atoms in total. The Bertz CT molecular complexity index is 469. The number of nitrogen functional groups attached to an aromatic ring is 1. The molecule has 0 amide bonds. The highest BCUT2D eigenvalue weighted by Gasteiger charge is 2.34. The summed E-state index contributed by atoms with van der Waals surface area (Å²) >= 11 is 0. The molecule has 1 atom stereocenters. The second-order valence-electron chi connectivity index (χ2n) is 5.82. The highest BCUT2D eigenvalue weighted by atomic mass is 19.4. The second-order valence-corrected chi connectivity index (χ2v) is 5.82. The number of piperidine rings is 1. The molecule has 1 heterocycles. The van der Waals surface area contributed by atoms with Gasteiger partial charge in [0, 0.05) is 18.3 Å². The van der Waals surface area contributed by atoms with Gasteiger partial charge in [-0.2, -0.15) is 13.2 Å². The van der Waals surface area contributed by atoms with E-state index in [9.17, 15) is 13.2 Å². The van der Waals surface area contributed by atoms with E-state index in [2.05, 4.69) is 11.8 Å². The molecule has 1 aromatic carbocycles. The predicted octanol–water partition coefficient (Wildman–Crippen LogP) is 4.44. The van der Waals surface area contributed by atoms with Gasteiger partial charge < -0.3 is 5.73 Å². The standard InChI is InChI=1S/C16H23F3N2/c1-2-5-14-6-3-4-9-21(14)11-12-7-8-13(20)10-15(12)16(17,18)19/h7-8,10,14H,2-6,9,11,20H2,1H3. The van der Waals surface area contributed by atoms with E-state index in [0.717, 1.165) is 38.3 Å². The topological polar surface area (TPSA) is 29.3 Å². The minimum Gasteiger partial charge on any atom is -0.399 e. The lowest BCUT2D eigenvalue weighted by Gasteiger charge is -2.36. The van der Waals surface area contributed by atoms with Crippen LogP contribution in [0.2, 0.25) is 0 Å². The smallest absolute Gasteiger partial charge is 0.399 e. The Morgan fingerprint density at radius 3 is 2.71 bits per heavy atom. The zero-order chi connectivity index (χ0) is 15.5. The van der Waals surface area contributed by atoms with Gasteiger partial charge in [-0.1, -0.05) is 25.8 Å². The van der Waals surface area contributed by atoms with Crippen LogP contribution in [0.4, 0.5) is 18.9 Å². The van der Waals surface area contributed by atoms with Crippen LogP contribution in [0.25, 0.3) is 0 Å². The lowest BCUT2D eigenvalue weighted by atomic mass is 9.96. The summed E-state index contributed by atoms with van der Waals surface area (Å²) in [6.45, 7) is 3.36. The van der Waals surface area contributed by atoms with Crippen LogP contribution in [-0.4, -0.2) is 17.5 Å². The maximum Gasteiger partial charge on any atom is 0.416 e. The third-order valence-electron chi connectivity index (χ3n) is 4.18. The van der Waals surface area contributed by atoms with Gasteiger partial charge in [0.2, 0.25) is 0 Å². The Kier molecular flexibility index (Phi) is 5.14. The van der Waals surface area contributed by atoms with Crippen molar-refractivity contribution in [3.63, 3.8) is 0 Å². The van der Waals surface area contributed by atoms with Crippen molar-refractivity contribution in [1.29, 1.82) is 0 Å². The van der Waals surface area contributed by atoms with Crippen molar-refractivity contribution < 1.29 is 13.2 Å². The molecule has 0 aromatic heterocycles. The summed E-state index contributed by atoms with van der Waals surface area (Å²) in [5, 5.41) is 0. The number of alkyl halides is 3. The van der Waals surface area contributed by atoms with E-state index in [4.69, 9.17) is 5.73 Å². The normalized spacial score (nSPS) is 20.7. The fourth-order valence-electron chi connectivity index (χ4n) is 3.14. The number of hydrogen-bond donors (Lipinski definition) is 1. The van der Waals surface area contributed by atoms with E-state index in [1.807, 2.05) is 0 Å². The first-order chi connectivity index (χ1) is 9.91. The van der Waals surface area contributed by atoms with Gasteiger partial charge in [0.05, 0.1) is 5.56 Å². The number of nitrogens with zero attached hydrogens (tertiary/aromatic N) is 1. The molecule has 2 N–H and O–H groups in total. The van der Waals surface area contributed by atoms with Gasteiger partial charge in [0.25, 0.3) is 0 Å². The minimum atomic E-state index is -4.35. The number of hydrogen-bond acceptors (Lipinski definition) is 2. The van der Waals surface area contributed by atoms with Crippen molar-refractivity contribution in [2.45, 2.75) is 57.8 Å². The molecule has 1 aliphatic rings. The number of nitrogens with two attached hydrogens (primary N) is 1. The molecule has 0 radical (unpaired) electrons. The van der Waals surface area contributed by atoms with Crippen LogP contribution in [0, 0.1) is 0 Å². The zero-order valence-corrected chi connectivity index (χ0v) is 12.4. The van der Waals surface area contributed by atoms with Crippen LogP contribution >= 0.6 is 0 Å². The molecule has 1 saturated heterocycles. The van der Waals surface area contributed by atoms with Gasteiger partial charge in [-0.15, -0.1) is 0 Å². The molecule has 0 bridgehead atoms. The summed E-state index contributed by atoms with van der Waals surface area (Å²) in [6.07, 6.45) is 1.10. The van der Waals surface area contributed by atoms with Crippen LogP contribution in [0.3, 0.4) is 0 Å². The molecule has 1 aromatic rings. The maximum atomic E-state index is 13.2. The second kappa shape index (κ2) is 6.69. The van der Waals surface area contributed by atoms with Crippen molar-refractivity contribution in [3.05, 3.63) is 29.3 Å². The number of rotatable bonds is 4. The molecule has 1 unspecified atom stereocenters. The number of benzene rings is 1. The molecule has 1 aliphatic heterocycles. The fourth-order valence-corrected chi connectivity index (χ4v) is 3.14. The third kappa shape index (κ3) is 4.13. The number of anilines is 1. The molecule has 0 saturated carbocycles. The average Bonchev–Trinajstić information content (AvgIpc) is 2.42. The Morgan fingerprint density at radius 2 is 2.05 bits per heavy atom. The van der Waals surface area contributed by atoms with Crippen molar-refractivity contribution >= 4 is 5.69 Å². The van der Waals surface area contributed by atoms with Crippen LogP contribution in [0.15, 0.2) is 18.2 Å². The summed E-state index contributed by atoms with van der Waals surface area (Å²) in [4.78, 5) is 2.20. The molecule has 0 aliphatic carbocycles. The van der Waals surface area contributed by atoms with Gasteiger partial charge in [-0.05, 0) is 43.5 Å². The van der Waals surface area contributed by atoms with Crippen molar-refractivity contribution in [2.24, 2.45) is 0 Å². The van der Waals surface area contributed by atoms with Crippen LogP contribution in [0.5, 0.6) is 0 Å². The van der Waals surface area contributed by atoms with E-state index in [0.29, 0.717) is 18.2 Å². The number of likely N-dealkylation sites (tertiary alicyclic amines) is 1. The highest BCUT2D eigenvalue weighted by Crippen LogP contribution is 2.35. The van der Waals surface area contributed by atoms with Gasteiger partial charge >= 0.3 is 6.18 Å². The van der Waals surface area contributed by atoms with Crippen LogP contribution in [-0.2, 0) is 12.7 Å². The first-order valence-corrected chi connectivity index (χ1v) is 7.61. The molecule has 1 fully saturated rings. The first kappa shape index (κ1) is 16.1. The molecule has 0 spiro atoms. The summed E-state index contributed by atoms with van der Waals surface area (Å²) in [5.74, 6) is 0. The van der Waals surface area contributed by atoms with Gasteiger partial charge in [-0.25, -0.2) is 0 Å². The summed E-state index contributed by atoms with van der Waals surface area (Å²) < 4.78 is 39.5. The average molecular weight is 300 g/mol. The van der Waals surface area contributed by atoms with E-state index < -0.39 is 11.7 Å². The Balaban J connectivity index is 2.21. The molecular formula is C16H23F3N2. The molecule has 2 rings (SSSR count). The summed E-state index contributed by atoms with van der Waals surface area (Å²) in [7, 11) is 0. The lowest BCUT2D eigenvalue weighted by molar-refractivity contribution is -0.138. The van der Waals surface area contributed by atoms with Crippen molar-refractivity contribution in [1.82, 2.24) is 4.90 Å². The predicted molar refractivity (Wildman–Crippen MR) is 78.8 cm³/mol. The van der Waals surface area contributed by atoms with E-state index in [1.54, 1.807) is 6.07 Å². The van der Waals surface area contributed by atoms with E-state index in [-0.39, 0.29) is 5.69 Å². The summed E-state index contributed by atoms with van der Waals surface area (Å²) in [5.41, 5.74) is 5.42. The third-order valence-corrected chi connectivity index (χ3v) is 4.18. The molecule has 5 heteroatoms. The quantitative estimate of drug-likeness (QED) is 0.833. The monoisotopic (exact) mass is 300 g/mol. The van der Waals surface area contributed by atoms with Crippen molar-refractivity contribution in [2.75, 3.05) is 12.3 Å². The van der Waals surface area contributed by atoms with Crippen LogP contribution in [0.1, 0.15) is 50.2 Å². The largest absolute Gasteiger partial charge is 0.416 e. The first-order valence-electron chi connectivity index (χ1n) is 7.61. The Hall–Kier alpha value is -1.23. The van der Waals surface area contributed by atoms with Crippen molar-refractivity contribution in [3.8, 4) is 0 Å². The highest BCUT2D eigenvalue weighted by molar-refractivity contribution is 5.46. The Labute approximate surface area is 124 Å². The Morgan fingerprint density at radius 1 is 1.29 bits per heavy atom. The van der Waals surface area contributed by atoms with Gasteiger partial charge in [0.15, 0.2) is 0 Å². The molecule has 21 heavy (non-hydrogen) atoms. The minimum absolute atomic E-state index is 0.162. The number of halogens is 3. The molecular weight excluding hydrogens is 277 g/mol. The fraction of sp³-hybridized carbons (Fsp3) is 0.625. The molecule has 118 valence electrons.